The highest BCUT2D eigenvalue weighted by Gasteiger charge is 2.13. The first kappa shape index (κ1) is 13.8. The van der Waals surface area contributed by atoms with E-state index in [1.54, 1.807) is 18.4 Å². The van der Waals surface area contributed by atoms with E-state index in [2.05, 4.69) is 41.5 Å². The van der Waals surface area contributed by atoms with Crippen LogP contribution in [0.1, 0.15) is 5.89 Å². The monoisotopic (exact) mass is 372 g/mol. The predicted molar refractivity (Wildman–Crippen MR) is 82.1 cm³/mol. The molecule has 0 fully saturated rings. The molecule has 3 aromatic heterocycles. The zero-order valence-corrected chi connectivity index (χ0v) is 13.2. The molecule has 9 heteroatoms. The summed E-state index contributed by atoms with van der Waals surface area (Å²) in [6.07, 6.45) is 1.54. The van der Waals surface area contributed by atoms with E-state index in [1.807, 2.05) is 24.3 Å². The van der Waals surface area contributed by atoms with E-state index in [4.69, 9.17) is 8.83 Å². The van der Waals surface area contributed by atoms with Gasteiger partial charge in [0, 0.05) is 10.0 Å². The molecule has 8 nitrogen and oxygen atoms in total. The molecule has 3 heterocycles. The van der Waals surface area contributed by atoms with Crippen molar-refractivity contribution in [2.45, 2.75) is 6.54 Å². The number of tetrazole rings is 1. The molecule has 0 radical (unpaired) electrons. The third kappa shape index (κ3) is 2.90. The SMILES string of the molecule is Brc1ccc(-c2nnn(Cc3nnc(-c4ccco4)o3)n2)cc1. The molecule has 0 saturated carbocycles. The van der Waals surface area contributed by atoms with Gasteiger partial charge < -0.3 is 8.83 Å². The van der Waals surface area contributed by atoms with Crippen LogP contribution >= 0.6 is 15.9 Å². The average molecular weight is 373 g/mol. The Morgan fingerprint density at radius 3 is 2.70 bits per heavy atom. The second-order valence-corrected chi connectivity index (χ2v) is 5.54. The number of furan rings is 1. The van der Waals surface area contributed by atoms with Gasteiger partial charge in [-0.1, -0.05) is 15.9 Å². The lowest BCUT2D eigenvalue weighted by Crippen LogP contribution is -2.04. The van der Waals surface area contributed by atoms with Crippen LogP contribution in [0.25, 0.3) is 23.0 Å². The molecule has 1 aromatic carbocycles. The third-order valence-corrected chi connectivity index (χ3v) is 3.56. The van der Waals surface area contributed by atoms with Gasteiger partial charge in [-0.15, -0.1) is 20.4 Å². The molecule has 0 aliphatic heterocycles. The van der Waals surface area contributed by atoms with Gasteiger partial charge in [0.1, 0.15) is 6.54 Å². The highest BCUT2D eigenvalue weighted by atomic mass is 79.9. The van der Waals surface area contributed by atoms with E-state index in [0.717, 1.165) is 10.0 Å². The van der Waals surface area contributed by atoms with Crippen LogP contribution in [0.2, 0.25) is 0 Å². The fourth-order valence-electron chi connectivity index (χ4n) is 1.96. The van der Waals surface area contributed by atoms with Gasteiger partial charge in [-0.25, -0.2) is 0 Å². The van der Waals surface area contributed by atoms with Gasteiger partial charge in [0.25, 0.3) is 5.89 Å². The number of hydrogen-bond donors (Lipinski definition) is 0. The molecule has 0 bridgehead atoms. The fourth-order valence-corrected chi connectivity index (χ4v) is 2.23. The maximum Gasteiger partial charge on any atom is 0.283 e. The van der Waals surface area contributed by atoms with Crippen LogP contribution in [0.3, 0.4) is 0 Å². The molecule has 0 N–H and O–H groups in total. The molecule has 0 amide bonds. The fraction of sp³-hybridized carbons (Fsp3) is 0.0714. The Labute approximate surface area is 138 Å². The Kier molecular flexibility index (Phi) is 3.46. The zero-order chi connectivity index (χ0) is 15.6. The minimum atomic E-state index is 0.233. The highest BCUT2D eigenvalue weighted by molar-refractivity contribution is 9.10. The number of benzene rings is 1. The lowest BCUT2D eigenvalue weighted by Gasteiger charge is -1.94. The zero-order valence-electron chi connectivity index (χ0n) is 11.6. The summed E-state index contributed by atoms with van der Waals surface area (Å²) in [5, 5.41) is 20.2. The Hall–Kier alpha value is -2.81. The van der Waals surface area contributed by atoms with Crippen LogP contribution in [0.5, 0.6) is 0 Å². The lowest BCUT2D eigenvalue weighted by atomic mass is 10.2. The van der Waals surface area contributed by atoms with Gasteiger partial charge in [0.15, 0.2) is 5.76 Å². The Bertz CT molecular complexity index is 913. The smallest absolute Gasteiger partial charge is 0.283 e. The summed E-state index contributed by atoms with van der Waals surface area (Å²) in [6.45, 7) is 0.233. The van der Waals surface area contributed by atoms with Crippen LogP contribution in [-0.4, -0.2) is 30.4 Å². The van der Waals surface area contributed by atoms with E-state index in [1.165, 1.54) is 4.80 Å². The van der Waals surface area contributed by atoms with Gasteiger partial charge in [-0.05, 0) is 41.6 Å². The number of aromatic nitrogens is 6. The molecular weight excluding hydrogens is 364 g/mol. The van der Waals surface area contributed by atoms with Gasteiger partial charge in [-0.3, -0.25) is 0 Å². The van der Waals surface area contributed by atoms with E-state index in [-0.39, 0.29) is 6.54 Å². The molecule has 0 aliphatic carbocycles. The van der Waals surface area contributed by atoms with Crippen LogP contribution in [-0.2, 0) is 6.54 Å². The molecule has 4 aromatic rings. The maximum absolute atomic E-state index is 5.51. The van der Waals surface area contributed by atoms with E-state index < -0.39 is 0 Å². The van der Waals surface area contributed by atoms with Crippen molar-refractivity contribution >= 4 is 15.9 Å². The third-order valence-electron chi connectivity index (χ3n) is 3.03. The van der Waals surface area contributed by atoms with Crippen LogP contribution in [0.4, 0.5) is 0 Å². The van der Waals surface area contributed by atoms with Crippen molar-refractivity contribution in [2.24, 2.45) is 0 Å². The van der Waals surface area contributed by atoms with Crippen molar-refractivity contribution in [1.29, 1.82) is 0 Å². The lowest BCUT2D eigenvalue weighted by molar-refractivity contribution is 0.436. The molecule has 0 aliphatic rings. The number of halogens is 1. The Morgan fingerprint density at radius 2 is 1.91 bits per heavy atom. The second-order valence-electron chi connectivity index (χ2n) is 4.63. The number of hydrogen-bond acceptors (Lipinski definition) is 7. The summed E-state index contributed by atoms with van der Waals surface area (Å²) < 4.78 is 11.7. The first-order valence-corrected chi connectivity index (χ1v) is 7.47. The van der Waals surface area contributed by atoms with Crippen molar-refractivity contribution in [3.8, 4) is 23.0 Å². The van der Waals surface area contributed by atoms with E-state index in [0.29, 0.717) is 23.4 Å². The largest absolute Gasteiger partial charge is 0.459 e. The standard InChI is InChI=1S/C14H9BrN6O2/c15-10-5-3-9(4-6-10)13-17-20-21(19-13)8-12-16-18-14(23-12)11-2-1-7-22-11/h1-7H,8H2. The van der Waals surface area contributed by atoms with Gasteiger partial charge >= 0.3 is 0 Å². The van der Waals surface area contributed by atoms with Crippen LogP contribution < -0.4 is 0 Å². The summed E-state index contributed by atoms with van der Waals surface area (Å²) in [7, 11) is 0. The summed E-state index contributed by atoms with van der Waals surface area (Å²) in [4.78, 5) is 1.40. The summed E-state index contributed by atoms with van der Waals surface area (Å²) in [5.74, 6) is 1.74. The van der Waals surface area contributed by atoms with Crippen molar-refractivity contribution < 1.29 is 8.83 Å². The van der Waals surface area contributed by atoms with Crippen molar-refractivity contribution in [3.63, 3.8) is 0 Å². The first-order valence-electron chi connectivity index (χ1n) is 6.68. The molecule has 0 spiro atoms. The predicted octanol–water partition coefficient (Wildman–Crippen LogP) is 2.79. The number of nitrogens with zero attached hydrogens (tertiary/aromatic N) is 6. The topological polar surface area (TPSA) is 95.7 Å². The number of rotatable bonds is 4. The van der Waals surface area contributed by atoms with Crippen LogP contribution in [0, 0.1) is 0 Å². The van der Waals surface area contributed by atoms with Gasteiger partial charge in [0.05, 0.1) is 6.26 Å². The van der Waals surface area contributed by atoms with Crippen molar-refractivity contribution in [1.82, 2.24) is 30.4 Å². The molecule has 4 rings (SSSR count). The second kappa shape index (κ2) is 5.76. The highest BCUT2D eigenvalue weighted by Crippen LogP contribution is 2.19. The van der Waals surface area contributed by atoms with E-state index >= 15 is 0 Å². The summed E-state index contributed by atoms with van der Waals surface area (Å²) in [6, 6.07) is 11.2. The minimum Gasteiger partial charge on any atom is -0.459 e. The summed E-state index contributed by atoms with van der Waals surface area (Å²) in [5.41, 5.74) is 0.876. The van der Waals surface area contributed by atoms with Gasteiger partial charge in [-0.2, -0.15) is 4.80 Å². The summed E-state index contributed by atoms with van der Waals surface area (Å²) >= 11 is 3.39. The molecule has 0 unspecified atom stereocenters. The first-order chi connectivity index (χ1) is 11.3. The molecule has 0 saturated heterocycles. The van der Waals surface area contributed by atoms with Crippen molar-refractivity contribution in [2.75, 3.05) is 0 Å². The molecule has 0 atom stereocenters. The molecule has 23 heavy (non-hydrogen) atoms. The quantitative estimate of drug-likeness (QED) is 0.543. The Balaban J connectivity index is 1.53. The van der Waals surface area contributed by atoms with Gasteiger partial charge in [0.2, 0.25) is 11.7 Å². The van der Waals surface area contributed by atoms with Crippen molar-refractivity contribution in [3.05, 3.63) is 53.0 Å². The van der Waals surface area contributed by atoms with Crippen LogP contribution in [0.15, 0.2) is 56.0 Å². The van der Waals surface area contributed by atoms with E-state index in [9.17, 15) is 0 Å². The average Bonchev–Trinajstić information content (AvgIpc) is 3.29. The maximum atomic E-state index is 5.51. The Morgan fingerprint density at radius 1 is 1.04 bits per heavy atom. The normalized spacial score (nSPS) is 11.0. The molecular formula is C14H9BrN6O2. The minimum absolute atomic E-state index is 0.233. The molecule has 114 valence electrons.